The average Bonchev–Trinajstić information content (AvgIpc) is 2.78. The number of carbonyl (C=O) groups is 1. The Kier molecular flexibility index (Phi) is 3.32. The van der Waals surface area contributed by atoms with E-state index in [0.717, 1.165) is 30.4 Å². The van der Waals surface area contributed by atoms with Crippen LogP contribution in [0, 0.1) is 0 Å². The number of hydrogen-bond donors (Lipinski definition) is 0. The average molecular weight is 252 g/mol. The largest absolute Gasteiger partial charge is 0.454 e. The number of ether oxygens (including phenoxy) is 1. The molecule has 0 aromatic heterocycles. The quantitative estimate of drug-likeness (QED) is 0.771. The van der Waals surface area contributed by atoms with Gasteiger partial charge in [-0.15, -0.1) is 0 Å². The Hall–Kier alpha value is -2.09. The molecule has 0 N–H and O–H groups in total. The standard InChI is InChI=1S/C17H16O2/c18-17-15-11-5-4-10-14(15)16(19-17)12-6-9-13-7-2-1-3-8-13/h1-5,7-8,10-11,16H,6,9,12H2/t16-/m0/s1. The zero-order valence-corrected chi connectivity index (χ0v) is 10.7. The second kappa shape index (κ2) is 5.27. The van der Waals surface area contributed by atoms with Crippen molar-refractivity contribution in [3.63, 3.8) is 0 Å². The van der Waals surface area contributed by atoms with Gasteiger partial charge in [0.2, 0.25) is 0 Å². The number of rotatable bonds is 4. The summed E-state index contributed by atoms with van der Waals surface area (Å²) < 4.78 is 5.43. The molecule has 1 aliphatic heterocycles. The van der Waals surface area contributed by atoms with Gasteiger partial charge in [-0.25, -0.2) is 4.79 Å². The van der Waals surface area contributed by atoms with Crippen LogP contribution in [-0.4, -0.2) is 5.97 Å². The number of hydrogen-bond acceptors (Lipinski definition) is 2. The van der Waals surface area contributed by atoms with Crippen molar-refractivity contribution in [2.45, 2.75) is 25.4 Å². The molecule has 1 atom stereocenters. The van der Waals surface area contributed by atoms with Crippen LogP contribution in [0.4, 0.5) is 0 Å². The molecule has 2 aromatic carbocycles. The van der Waals surface area contributed by atoms with Crippen molar-refractivity contribution < 1.29 is 9.53 Å². The number of fused-ring (bicyclic) bond motifs is 1. The van der Waals surface area contributed by atoms with Crippen molar-refractivity contribution in [1.82, 2.24) is 0 Å². The molecule has 0 saturated carbocycles. The summed E-state index contributed by atoms with van der Waals surface area (Å²) in [5, 5.41) is 0. The van der Waals surface area contributed by atoms with Gasteiger partial charge < -0.3 is 4.74 Å². The lowest BCUT2D eigenvalue weighted by molar-refractivity contribution is 0.0365. The lowest BCUT2D eigenvalue weighted by atomic mass is 9.99. The molecular formula is C17H16O2. The van der Waals surface area contributed by atoms with E-state index in [2.05, 4.69) is 24.3 Å². The minimum Gasteiger partial charge on any atom is -0.454 e. The lowest BCUT2D eigenvalue weighted by Gasteiger charge is -2.10. The van der Waals surface area contributed by atoms with Crippen molar-refractivity contribution in [2.75, 3.05) is 0 Å². The van der Waals surface area contributed by atoms with E-state index in [1.165, 1.54) is 5.56 Å². The van der Waals surface area contributed by atoms with Gasteiger partial charge in [0.05, 0.1) is 5.56 Å². The van der Waals surface area contributed by atoms with Crippen LogP contribution in [0.5, 0.6) is 0 Å². The number of aryl methyl sites for hydroxylation is 1. The Labute approximate surface area is 113 Å². The van der Waals surface area contributed by atoms with Gasteiger partial charge >= 0.3 is 5.97 Å². The Morgan fingerprint density at radius 1 is 0.947 bits per heavy atom. The maximum atomic E-state index is 11.7. The van der Waals surface area contributed by atoms with E-state index in [0.29, 0.717) is 0 Å². The summed E-state index contributed by atoms with van der Waals surface area (Å²) in [6.45, 7) is 0. The molecule has 0 fully saturated rings. The molecule has 96 valence electrons. The summed E-state index contributed by atoms with van der Waals surface area (Å²) in [6, 6.07) is 18.1. The highest BCUT2D eigenvalue weighted by Gasteiger charge is 2.29. The van der Waals surface area contributed by atoms with Crippen LogP contribution in [0.25, 0.3) is 0 Å². The third-order valence-corrected chi connectivity index (χ3v) is 3.55. The highest BCUT2D eigenvalue weighted by atomic mass is 16.5. The van der Waals surface area contributed by atoms with Gasteiger partial charge in [-0.1, -0.05) is 48.5 Å². The molecule has 0 bridgehead atoms. The first-order valence-corrected chi connectivity index (χ1v) is 6.68. The summed E-state index contributed by atoms with van der Waals surface area (Å²) in [7, 11) is 0. The summed E-state index contributed by atoms with van der Waals surface area (Å²) in [5.41, 5.74) is 3.10. The Morgan fingerprint density at radius 3 is 2.53 bits per heavy atom. The highest BCUT2D eigenvalue weighted by molar-refractivity contribution is 5.93. The molecule has 19 heavy (non-hydrogen) atoms. The van der Waals surface area contributed by atoms with Crippen molar-refractivity contribution in [1.29, 1.82) is 0 Å². The smallest absolute Gasteiger partial charge is 0.339 e. The zero-order valence-electron chi connectivity index (χ0n) is 10.7. The van der Waals surface area contributed by atoms with Crippen LogP contribution >= 0.6 is 0 Å². The first-order chi connectivity index (χ1) is 9.34. The molecule has 0 radical (unpaired) electrons. The number of esters is 1. The van der Waals surface area contributed by atoms with Crippen LogP contribution in [0.1, 0.15) is 40.4 Å². The van der Waals surface area contributed by atoms with Crippen LogP contribution in [0.2, 0.25) is 0 Å². The van der Waals surface area contributed by atoms with Gasteiger partial charge in [-0.2, -0.15) is 0 Å². The van der Waals surface area contributed by atoms with Crippen LogP contribution in [0.15, 0.2) is 54.6 Å². The monoisotopic (exact) mass is 252 g/mol. The fourth-order valence-corrected chi connectivity index (χ4v) is 2.57. The van der Waals surface area contributed by atoms with Crippen LogP contribution in [0.3, 0.4) is 0 Å². The van der Waals surface area contributed by atoms with E-state index in [9.17, 15) is 4.79 Å². The van der Waals surface area contributed by atoms with Gasteiger partial charge in [-0.05, 0) is 30.9 Å². The van der Waals surface area contributed by atoms with E-state index in [4.69, 9.17) is 4.74 Å². The SMILES string of the molecule is O=C1O[C@@H](CCCc2ccccc2)c2ccccc21. The van der Waals surface area contributed by atoms with Gasteiger partial charge in [-0.3, -0.25) is 0 Å². The second-order valence-electron chi connectivity index (χ2n) is 4.86. The van der Waals surface area contributed by atoms with E-state index >= 15 is 0 Å². The number of cyclic esters (lactones) is 1. The Bertz CT molecular complexity index is 575. The molecule has 1 heterocycles. The molecule has 0 amide bonds. The second-order valence-corrected chi connectivity index (χ2v) is 4.86. The van der Waals surface area contributed by atoms with Gasteiger partial charge in [0.15, 0.2) is 0 Å². The zero-order chi connectivity index (χ0) is 13.1. The predicted molar refractivity (Wildman–Crippen MR) is 74.0 cm³/mol. The molecule has 0 saturated heterocycles. The van der Waals surface area contributed by atoms with Crippen molar-refractivity contribution in [3.8, 4) is 0 Å². The van der Waals surface area contributed by atoms with E-state index in [1.807, 2.05) is 30.3 Å². The van der Waals surface area contributed by atoms with Crippen LogP contribution < -0.4 is 0 Å². The molecule has 2 nitrogen and oxygen atoms in total. The minimum absolute atomic E-state index is 0.0626. The summed E-state index contributed by atoms with van der Waals surface area (Å²) in [6.07, 6.45) is 2.87. The van der Waals surface area contributed by atoms with Crippen molar-refractivity contribution in [3.05, 3.63) is 71.3 Å². The molecule has 1 aliphatic rings. The normalized spacial score (nSPS) is 17.1. The number of benzene rings is 2. The van der Waals surface area contributed by atoms with Gasteiger partial charge in [0.25, 0.3) is 0 Å². The van der Waals surface area contributed by atoms with E-state index in [-0.39, 0.29) is 12.1 Å². The third kappa shape index (κ3) is 2.53. The maximum Gasteiger partial charge on any atom is 0.339 e. The molecule has 0 aliphatic carbocycles. The third-order valence-electron chi connectivity index (χ3n) is 3.55. The van der Waals surface area contributed by atoms with Crippen LogP contribution in [-0.2, 0) is 11.2 Å². The Balaban J connectivity index is 1.62. The van der Waals surface area contributed by atoms with Gasteiger partial charge in [0, 0.05) is 5.56 Å². The summed E-state index contributed by atoms with van der Waals surface area (Å²) in [5.74, 6) is -0.180. The first kappa shape index (κ1) is 12.0. The molecule has 0 spiro atoms. The molecule has 2 aromatic rings. The molecule has 2 heteroatoms. The van der Waals surface area contributed by atoms with E-state index in [1.54, 1.807) is 0 Å². The summed E-state index contributed by atoms with van der Waals surface area (Å²) in [4.78, 5) is 11.7. The molecule has 0 unspecified atom stereocenters. The fourth-order valence-electron chi connectivity index (χ4n) is 2.57. The minimum atomic E-state index is -0.180. The number of carbonyl (C=O) groups excluding carboxylic acids is 1. The summed E-state index contributed by atoms with van der Waals surface area (Å²) >= 11 is 0. The van der Waals surface area contributed by atoms with E-state index < -0.39 is 0 Å². The Morgan fingerprint density at radius 2 is 1.68 bits per heavy atom. The fraction of sp³-hybridized carbons (Fsp3) is 0.235. The maximum absolute atomic E-state index is 11.7. The van der Waals surface area contributed by atoms with Crippen molar-refractivity contribution in [2.24, 2.45) is 0 Å². The first-order valence-electron chi connectivity index (χ1n) is 6.68. The lowest BCUT2D eigenvalue weighted by Crippen LogP contribution is -1.99. The topological polar surface area (TPSA) is 26.3 Å². The van der Waals surface area contributed by atoms with Crippen molar-refractivity contribution >= 4 is 5.97 Å². The predicted octanol–water partition coefficient (Wildman–Crippen LogP) is 3.92. The van der Waals surface area contributed by atoms with Gasteiger partial charge in [0.1, 0.15) is 6.10 Å². The molecular weight excluding hydrogens is 236 g/mol. The highest BCUT2D eigenvalue weighted by Crippen LogP contribution is 2.33. The molecule has 3 rings (SSSR count).